The minimum atomic E-state index is -0.0429. The highest BCUT2D eigenvalue weighted by Gasteiger charge is 2.35. The number of carbonyl (C=O) groups excluding carboxylic acids is 1. The van der Waals surface area contributed by atoms with Crippen molar-refractivity contribution >= 4 is 23.0 Å². The molecule has 126 valence electrons. The maximum absolute atomic E-state index is 12.8. The van der Waals surface area contributed by atoms with Crippen LogP contribution >= 0.6 is 11.3 Å². The fraction of sp³-hybridized carbons (Fsp3) is 0.412. The average Bonchev–Trinajstić information content (AvgIpc) is 3.35. The highest BCUT2D eigenvalue weighted by molar-refractivity contribution is 7.10. The van der Waals surface area contributed by atoms with Crippen LogP contribution in [-0.2, 0) is 9.53 Å². The molecular formula is C17H19N3O3S. The molecular weight excluding hydrogens is 326 g/mol. The number of hydrogen-bond donors (Lipinski definition) is 0. The van der Waals surface area contributed by atoms with Crippen LogP contribution in [0.5, 0.6) is 0 Å². The summed E-state index contributed by atoms with van der Waals surface area (Å²) >= 11 is 1.66. The van der Waals surface area contributed by atoms with Crippen molar-refractivity contribution < 1.29 is 13.9 Å². The van der Waals surface area contributed by atoms with Crippen LogP contribution in [-0.4, -0.2) is 54.4 Å². The van der Waals surface area contributed by atoms with E-state index in [-0.39, 0.29) is 11.9 Å². The lowest BCUT2D eigenvalue weighted by Crippen LogP contribution is -2.43. The topological polar surface area (TPSA) is 58.3 Å². The summed E-state index contributed by atoms with van der Waals surface area (Å²) in [6.07, 6.45) is 2.32. The SMILES string of the molecule is O=C(CN1CCOCC1)N1N=C(c2ccco2)C[C@H]1c1cccs1. The van der Waals surface area contributed by atoms with E-state index in [1.165, 1.54) is 0 Å². The van der Waals surface area contributed by atoms with Crippen LogP contribution in [0.15, 0.2) is 45.4 Å². The van der Waals surface area contributed by atoms with Gasteiger partial charge in [-0.3, -0.25) is 9.69 Å². The number of ether oxygens (including phenoxy) is 1. The minimum absolute atomic E-state index is 0.0249. The van der Waals surface area contributed by atoms with Gasteiger partial charge in [0.15, 0.2) is 0 Å². The second-order valence-electron chi connectivity index (χ2n) is 5.89. The molecule has 0 bridgehead atoms. The van der Waals surface area contributed by atoms with E-state index in [0.29, 0.717) is 26.2 Å². The molecule has 2 aliphatic rings. The third-order valence-corrected chi connectivity index (χ3v) is 5.28. The Kier molecular flexibility index (Phi) is 4.46. The Morgan fingerprint density at radius 2 is 2.17 bits per heavy atom. The highest BCUT2D eigenvalue weighted by Crippen LogP contribution is 2.35. The summed E-state index contributed by atoms with van der Waals surface area (Å²) < 4.78 is 10.8. The molecule has 2 aromatic heterocycles. The summed E-state index contributed by atoms with van der Waals surface area (Å²) in [5.41, 5.74) is 0.828. The van der Waals surface area contributed by atoms with Gasteiger partial charge in [-0.05, 0) is 23.6 Å². The zero-order chi connectivity index (χ0) is 16.4. The van der Waals surface area contributed by atoms with E-state index in [0.717, 1.165) is 29.4 Å². The summed E-state index contributed by atoms with van der Waals surface area (Å²) in [7, 11) is 0. The van der Waals surface area contributed by atoms with E-state index in [1.54, 1.807) is 22.6 Å². The molecule has 0 spiro atoms. The Morgan fingerprint density at radius 1 is 1.29 bits per heavy atom. The number of furan rings is 1. The van der Waals surface area contributed by atoms with Crippen molar-refractivity contribution in [3.8, 4) is 0 Å². The van der Waals surface area contributed by atoms with Gasteiger partial charge in [-0.1, -0.05) is 6.07 Å². The first-order valence-electron chi connectivity index (χ1n) is 8.08. The van der Waals surface area contributed by atoms with Crippen molar-refractivity contribution in [1.82, 2.24) is 9.91 Å². The van der Waals surface area contributed by atoms with Crippen LogP contribution < -0.4 is 0 Å². The molecule has 1 fully saturated rings. The molecule has 7 heteroatoms. The lowest BCUT2D eigenvalue weighted by molar-refractivity contribution is -0.135. The molecule has 0 saturated carbocycles. The van der Waals surface area contributed by atoms with Crippen molar-refractivity contribution in [2.45, 2.75) is 12.5 Å². The molecule has 0 aromatic carbocycles. The van der Waals surface area contributed by atoms with Crippen molar-refractivity contribution in [2.75, 3.05) is 32.8 Å². The van der Waals surface area contributed by atoms with Crippen LogP contribution in [0.25, 0.3) is 0 Å². The van der Waals surface area contributed by atoms with Gasteiger partial charge in [0.2, 0.25) is 0 Å². The van der Waals surface area contributed by atoms with Gasteiger partial charge in [0.05, 0.1) is 32.1 Å². The van der Waals surface area contributed by atoms with Crippen molar-refractivity contribution in [2.24, 2.45) is 5.10 Å². The van der Waals surface area contributed by atoms with E-state index in [4.69, 9.17) is 9.15 Å². The second kappa shape index (κ2) is 6.88. The molecule has 0 unspecified atom stereocenters. The third-order valence-electron chi connectivity index (χ3n) is 4.31. The molecule has 1 saturated heterocycles. The lowest BCUT2D eigenvalue weighted by Gasteiger charge is -2.28. The highest BCUT2D eigenvalue weighted by atomic mass is 32.1. The number of hydrazone groups is 1. The molecule has 4 rings (SSSR count). The average molecular weight is 345 g/mol. The molecule has 0 aliphatic carbocycles. The second-order valence-corrected chi connectivity index (χ2v) is 6.87. The molecule has 24 heavy (non-hydrogen) atoms. The maximum Gasteiger partial charge on any atom is 0.257 e. The van der Waals surface area contributed by atoms with Crippen molar-refractivity contribution in [3.05, 3.63) is 46.5 Å². The van der Waals surface area contributed by atoms with Gasteiger partial charge in [0.25, 0.3) is 5.91 Å². The predicted octanol–water partition coefficient (Wildman–Crippen LogP) is 2.35. The summed E-state index contributed by atoms with van der Waals surface area (Å²) in [5.74, 6) is 0.759. The lowest BCUT2D eigenvalue weighted by atomic mass is 10.1. The molecule has 0 N–H and O–H groups in total. The number of nitrogens with zero attached hydrogens (tertiary/aromatic N) is 3. The molecule has 2 aromatic rings. The Labute approximate surface area is 144 Å². The van der Waals surface area contributed by atoms with Gasteiger partial charge in [-0.2, -0.15) is 5.10 Å². The predicted molar refractivity (Wildman–Crippen MR) is 91.0 cm³/mol. The van der Waals surface area contributed by atoms with E-state index in [9.17, 15) is 4.79 Å². The standard InChI is InChI=1S/C17H19N3O3S/c21-17(12-19-5-8-22-9-6-19)20-14(16-4-2-10-24-16)11-13(18-20)15-3-1-7-23-15/h1-4,7,10,14H,5-6,8-9,11-12H2/t14-/m0/s1. The van der Waals surface area contributed by atoms with E-state index >= 15 is 0 Å². The Hall–Kier alpha value is -1.96. The van der Waals surface area contributed by atoms with Crippen LogP contribution in [0.3, 0.4) is 0 Å². The van der Waals surface area contributed by atoms with Gasteiger partial charge < -0.3 is 9.15 Å². The molecule has 4 heterocycles. The van der Waals surface area contributed by atoms with E-state index in [2.05, 4.69) is 16.1 Å². The van der Waals surface area contributed by atoms with Crippen molar-refractivity contribution in [1.29, 1.82) is 0 Å². The van der Waals surface area contributed by atoms with Gasteiger partial charge in [0.1, 0.15) is 11.5 Å². The Bertz CT molecular complexity index is 706. The zero-order valence-corrected chi connectivity index (χ0v) is 14.1. The van der Waals surface area contributed by atoms with Crippen LogP contribution in [0, 0.1) is 0 Å². The zero-order valence-electron chi connectivity index (χ0n) is 13.3. The normalized spacial score (nSPS) is 21.9. The fourth-order valence-corrected chi connectivity index (χ4v) is 3.87. The van der Waals surface area contributed by atoms with Crippen LogP contribution in [0.2, 0.25) is 0 Å². The first-order chi connectivity index (χ1) is 11.8. The van der Waals surface area contributed by atoms with Gasteiger partial charge >= 0.3 is 0 Å². The summed E-state index contributed by atoms with van der Waals surface area (Å²) in [4.78, 5) is 16.1. The van der Waals surface area contributed by atoms with Gasteiger partial charge in [0, 0.05) is 24.4 Å². The number of amides is 1. The number of carbonyl (C=O) groups is 1. The number of morpholine rings is 1. The monoisotopic (exact) mass is 345 g/mol. The largest absolute Gasteiger partial charge is 0.463 e. The quantitative estimate of drug-likeness (QED) is 0.853. The molecule has 1 amide bonds. The van der Waals surface area contributed by atoms with Crippen molar-refractivity contribution in [3.63, 3.8) is 0 Å². The first kappa shape index (κ1) is 15.6. The van der Waals surface area contributed by atoms with E-state index < -0.39 is 0 Å². The molecule has 1 atom stereocenters. The molecule has 0 radical (unpaired) electrons. The molecule has 6 nitrogen and oxygen atoms in total. The Balaban J connectivity index is 1.55. The number of thiophene rings is 1. The number of hydrogen-bond acceptors (Lipinski definition) is 6. The van der Waals surface area contributed by atoms with Crippen LogP contribution in [0.4, 0.5) is 0 Å². The van der Waals surface area contributed by atoms with Gasteiger partial charge in [-0.25, -0.2) is 5.01 Å². The summed E-state index contributed by atoms with van der Waals surface area (Å²) in [5, 5.41) is 8.26. The fourth-order valence-electron chi connectivity index (χ4n) is 3.06. The Morgan fingerprint density at radius 3 is 2.88 bits per heavy atom. The maximum atomic E-state index is 12.8. The summed E-state index contributed by atoms with van der Waals surface area (Å²) in [6.45, 7) is 3.32. The smallest absolute Gasteiger partial charge is 0.257 e. The van der Waals surface area contributed by atoms with Gasteiger partial charge in [-0.15, -0.1) is 11.3 Å². The van der Waals surface area contributed by atoms with E-state index in [1.807, 2.05) is 23.6 Å². The summed E-state index contributed by atoms with van der Waals surface area (Å²) in [6, 6.07) is 7.76. The third kappa shape index (κ3) is 3.15. The first-order valence-corrected chi connectivity index (χ1v) is 8.96. The number of rotatable bonds is 4. The minimum Gasteiger partial charge on any atom is -0.463 e. The van der Waals surface area contributed by atoms with Crippen LogP contribution in [0.1, 0.15) is 23.1 Å². The molecule has 2 aliphatic heterocycles.